The van der Waals surface area contributed by atoms with Gasteiger partial charge in [-0.05, 0) is 26.2 Å². The van der Waals surface area contributed by atoms with Crippen LogP contribution < -0.4 is 5.73 Å². The van der Waals surface area contributed by atoms with Crippen molar-refractivity contribution in [1.29, 1.82) is 0 Å². The second-order valence-corrected chi connectivity index (χ2v) is 5.71. The molecule has 0 saturated carbocycles. The Morgan fingerprint density at radius 1 is 1.38 bits per heavy atom. The molecule has 0 aliphatic carbocycles. The first-order valence-electron chi connectivity index (χ1n) is 4.21. The highest BCUT2D eigenvalue weighted by molar-refractivity contribution is 9.10. The van der Waals surface area contributed by atoms with Gasteiger partial charge in [-0.2, -0.15) is 0 Å². The number of halogens is 3. The van der Waals surface area contributed by atoms with Crippen molar-refractivity contribution < 1.29 is 23.1 Å². The quantitative estimate of drug-likeness (QED) is 0.846. The van der Waals surface area contributed by atoms with Crippen LogP contribution in [0, 0.1) is 0 Å². The van der Waals surface area contributed by atoms with E-state index in [9.17, 15) is 13.6 Å². The molecule has 0 aliphatic heterocycles. The van der Waals surface area contributed by atoms with Crippen molar-refractivity contribution in [3.8, 4) is 0 Å². The smallest absolute Gasteiger partial charge is 0.326 e. The van der Waals surface area contributed by atoms with Crippen molar-refractivity contribution in [1.82, 2.24) is 0 Å². The van der Waals surface area contributed by atoms with E-state index in [4.69, 9.17) is 5.73 Å². The van der Waals surface area contributed by atoms with Gasteiger partial charge in [0.2, 0.25) is 0 Å². The highest BCUT2D eigenvalue weighted by Gasteiger charge is 2.29. The lowest BCUT2D eigenvalue weighted by Crippen LogP contribution is -1.98. The number of hydrogen-bond acceptors (Lipinski definition) is 4. The van der Waals surface area contributed by atoms with Gasteiger partial charge in [-0.1, -0.05) is 28.1 Å². The van der Waals surface area contributed by atoms with Crippen LogP contribution in [0.25, 0.3) is 0 Å². The maximum atomic E-state index is 11.9. The molecule has 0 spiro atoms. The molecule has 0 saturated heterocycles. The van der Waals surface area contributed by atoms with E-state index >= 15 is 0 Å². The molecule has 1 rings (SSSR count). The minimum atomic E-state index is -4.36. The molecule has 1 aromatic carbocycles. The standard InChI is InChI=1S/C8H9BrF2NO3P/c9-8-2-1-6(4-12)3-7(8)5-16(13,14-10)15-11/h1-3H,4-5,12H2. The molecule has 16 heavy (non-hydrogen) atoms. The first-order chi connectivity index (χ1) is 7.54. The van der Waals surface area contributed by atoms with Crippen LogP contribution >= 0.6 is 23.5 Å². The monoisotopic (exact) mass is 315 g/mol. The average molecular weight is 316 g/mol. The van der Waals surface area contributed by atoms with E-state index in [0.717, 1.165) is 5.56 Å². The Morgan fingerprint density at radius 3 is 2.50 bits per heavy atom. The predicted molar refractivity (Wildman–Crippen MR) is 57.7 cm³/mol. The lowest BCUT2D eigenvalue weighted by atomic mass is 10.1. The second-order valence-electron chi connectivity index (χ2n) is 3.04. The summed E-state index contributed by atoms with van der Waals surface area (Å²) in [5.41, 5.74) is 6.53. The molecule has 0 heterocycles. The van der Waals surface area contributed by atoms with Gasteiger partial charge in [-0.15, -0.1) is 9.46 Å². The number of benzene rings is 1. The summed E-state index contributed by atoms with van der Waals surface area (Å²) in [6.07, 6.45) is -0.519. The van der Waals surface area contributed by atoms with Crippen LogP contribution in [0.4, 0.5) is 9.05 Å². The summed E-state index contributed by atoms with van der Waals surface area (Å²) in [7, 11) is -4.36. The second kappa shape index (κ2) is 5.84. The van der Waals surface area contributed by atoms with E-state index in [1.165, 1.54) is 0 Å². The van der Waals surface area contributed by atoms with Crippen LogP contribution in [0.15, 0.2) is 22.7 Å². The van der Waals surface area contributed by atoms with E-state index in [1.54, 1.807) is 18.2 Å². The normalized spacial score (nSPS) is 11.8. The fraction of sp³-hybridized carbons (Fsp3) is 0.250. The first-order valence-corrected chi connectivity index (χ1v) is 6.74. The van der Waals surface area contributed by atoms with Crippen LogP contribution in [0.1, 0.15) is 11.1 Å². The molecular formula is C8H9BrF2NO3P. The number of rotatable bonds is 5. The molecule has 0 aliphatic rings. The summed E-state index contributed by atoms with van der Waals surface area (Å²) in [5.74, 6) is 0. The Hall–Kier alpha value is -0.330. The zero-order valence-corrected chi connectivity index (χ0v) is 10.5. The van der Waals surface area contributed by atoms with Gasteiger partial charge in [-0.3, -0.25) is 4.57 Å². The van der Waals surface area contributed by atoms with Gasteiger partial charge in [0.05, 0.1) is 6.16 Å². The van der Waals surface area contributed by atoms with Gasteiger partial charge in [0.15, 0.2) is 0 Å². The van der Waals surface area contributed by atoms with Gasteiger partial charge in [0.25, 0.3) is 0 Å². The molecule has 90 valence electrons. The van der Waals surface area contributed by atoms with Crippen molar-refractivity contribution in [3.05, 3.63) is 33.8 Å². The number of hydrogen-bond donors (Lipinski definition) is 1. The Morgan fingerprint density at radius 2 is 2.00 bits per heavy atom. The minimum absolute atomic E-state index is 0.261. The highest BCUT2D eigenvalue weighted by atomic mass is 79.9. The van der Waals surface area contributed by atoms with Crippen molar-refractivity contribution in [2.75, 3.05) is 0 Å². The Labute approximate surface area is 99.2 Å². The highest BCUT2D eigenvalue weighted by Crippen LogP contribution is 2.52. The first kappa shape index (κ1) is 13.7. The summed E-state index contributed by atoms with van der Waals surface area (Å²) in [4.78, 5) is 0. The average Bonchev–Trinajstić information content (AvgIpc) is 2.32. The van der Waals surface area contributed by atoms with Crippen LogP contribution in [0.3, 0.4) is 0 Å². The van der Waals surface area contributed by atoms with E-state index in [-0.39, 0.29) is 6.54 Å². The third kappa shape index (κ3) is 3.33. The molecule has 0 atom stereocenters. The van der Waals surface area contributed by atoms with Gasteiger partial charge in [0, 0.05) is 11.0 Å². The van der Waals surface area contributed by atoms with Crippen molar-refractivity contribution in [3.63, 3.8) is 0 Å². The molecule has 8 heteroatoms. The van der Waals surface area contributed by atoms with E-state index < -0.39 is 13.8 Å². The summed E-state index contributed by atoms with van der Waals surface area (Å²) in [6.45, 7) is 0.261. The summed E-state index contributed by atoms with van der Waals surface area (Å²) in [6, 6.07) is 4.93. The molecule has 0 bridgehead atoms. The Kier molecular flexibility index (Phi) is 5.01. The van der Waals surface area contributed by atoms with Gasteiger partial charge >= 0.3 is 7.60 Å². The molecule has 0 unspecified atom stereocenters. The maximum Gasteiger partial charge on any atom is 0.399 e. The Balaban J connectivity index is 3.00. The molecule has 2 N–H and O–H groups in total. The molecule has 0 amide bonds. The third-order valence-electron chi connectivity index (χ3n) is 1.92. The van der Waals surface area contributed by atoms with E-state index in [2.05, 4.69) is 25.4 Å². The van der Waals surface area contributed by atoms with Crippen LogP contribution in [0.5, 0.6) is 0 Å². The topological polar surface area (TPSA) is 61.6 Å². The largest absolute Gasteiger partial charge is 0.399 e. The van der Waals surface area contributed by atoms with Crippen LogP contribution in [-0.2, 0) is 26.7 Å². The fourth-order valence-electron chi connectivity index (χ4n) is 1.14. The molecular weight excluding hydrogens is 307 g/mol. The lowest BCUT2D eigenvalue weighted by Gasteiger charge is -2.09. The summed E-state index contributed by atoms with van der Waals surface area (Å²) in [5, 5.41) is 0. The SMILES string of the molecule is NCc1ccc(Br)c(CP(=O)(OF)OF)c1. The zero-order chi connectivity index (χ0) is 12.2. The minimum Gasteiger partial charge on any atom is -0.326 e. The van der Waals surface area contributed by atoms with Crippen LogP contribution in [0.2, 0.25) is 0 Å². The van der Waals surface area contributed by atoms with Crippen molar-refractivity contribution >= 4 is 23.5 Å². The van der Waals surface area contributed by atoms with Gasteiger partial charge in [0.1, 0.15) is 0 Å². The fourth-order valence-corrected chi connectivity index (χ4v) is 2.55. The van der Waals surface area contributed by atoms with Gasteiger partial charge in [-0.25, -0.2) is 0 Å². The summed E-state index contributed by atoms with van der Waals surface area (Å²) < 4.78 is 41.6. The van der Waals surface area contributed by atoms with E-state index in [0.29, 0.717) is 10.0 Å². The van der Waals surface area contributed by atoms with Crippen molar-refractivity contribution in [2.45, 2.75) is 12.7 Å². The molecule has 4 nitrogen and oxygen atoms in total. The molecule has 0 aromatic heterocycles. The van der Waals surface area contributed by atoms with Crippen molar-refractivity contribution in [2.24, 2.45) is 5.73 Å². The lowest BCUT2D eigenvalue weighted by molar-refractivity contribution is -0.0881. The van der Waals surface area contributed by atoms with Gasteiger partial charge < -0.3 is 5.73 Å². The maximum absolute atomic E-state index is 11.9. The number of nitrogens with two attached hydrogens (primary N) is 1. The molecule has 0 fully saturated rings. The third-order valence-corrected chi connectivity index (χ3v) is 3.84. The van der Waals surface area contributed by atoms with E-state index in [1.807, 2.05) is 0 Å². The molecule has 1 aromatic rings. The zero-order valence-electron chi connectivity index (χ0n) is 8.03. The summed E-state index contributed by atoms with van der Waals surface area (Å²) >= 11 is 3.15. The predicted octanol–water partition coefficient (Wildman–Crippen LogP) is 3.40. The molecule has 0 radical (unpaired) electrons. The Bertz CT molecular complexity index is 410. The van der Waals surface area contributed by atoms with Crippen LogP contribution in [-0.4, -0.2) is 0 Å².